The van der Waals surface area contributed by atoms with Crippen molar-refractivity contribution < 1.29 is 29.7 Å². The Morgan fingerprint density at radius 2 is 1.72 bits per heavy atom. The molecule has 0 spiro atoms. The number of carbonyl (C=O) groups is 3. The molecule has 0 saturated carbocycles. The van der Waals surface area contributed by atoms with Gasteiger partial charge in [-0.05, 0) is 5.92 Å². The van der Waals surface area contributed by atoms with Gasteiger partial charge in [0.05, 0.1) is 6.54 Å². The van der Waals surface area contributed by atoms with E-state index in [0.717, 1.165) is 4.90 Å². The topological polar surface area (TPSA) is 127 Å². The van der Waals surface area contributed by atoms with Gasteiger partial charge in [-0.25, -0.2) is 9.59 Å². The molecule has 8 nitrogen and oxygen atoms in total. The normalized spacial score (nSPS) is 12.0. The molecule has 0 heterocycles. The lowest BCUT2D eigenvalue weighted by atomic mass is 10.2. The average Bonchev–Trinajstić information content (AvgIpc) is 2.23. The van der Waals surface area contributed by atoms with Gasteiger partial charge in [0, 0.05) is 6.54 Å². The third-order valence-electron chi connectivity index (χ3n) is 1.94. The smallest absolute Gasteiger partial charge is 0.334 e. The van der Waals surface area contributed by atoms with Gasteiger partial charge in [-0.15, -0.1) is 0 Å². The van der Waals surface area contributed by atoms with Crippen molar-refractivity contribution in [1.29, 1.82) is 0 Å². The van der Waals surface area contributed by atoms with Crippen molar-refractivity contribution in [2.45, 2.75) is 20.0 Å². The van der Waals surface area contributed by atoms with Crippen LogP contribution in [0.4, 0.5) is 4.79 Å². The Morgan fingerprint density at radius 3 is 2.11 bits per heavy atom. The highest BCUT2D eigenvalue weighted by atomic mass is 16.4. The minimum Gasteiger partial charge on any atom is -0.480 e. The molecule has 0 fully saturated rings. The van der Waals surface area contributed by atoms with Gasteiger partial charge < -0.3 is 25.5 Å². The summed E-state index contributed by atoms with van der Waals surface area (Å²) in [7, 11) is 0. The standard InChI is InChI=1S/C10H18N2O6/c1-6(2)4-12(5-7(13)9(16)17)10(18)11-3-8(14)15/h6-7,13H,3-5H2,1-2H3,(H,11,18)(H,14,15)(H,16,17). The number of rotatable bonds is 7. The number of hydrogen-bond acceptors (Lipinski definition) is 4. The van der Waals surface area contributed by atoms with E-state index in [2.05, 4.69) is 5.32 Å². The molecule has 4 N–H and O–H groups in total. The highest BCUT2D eigenvalue weighted by Gasteiger charge is 2.22. The number of nitrogens with zero attached hydrogens (tertiary/aromatic N) is 1. The van der Waals surface area contributed by atoms with E-state index in [1.807, 2.05) is 13.8 Å². The highest BCUT2D eigenvalue weighted by Crippen LogP contribution is 2.01. The lowest BCUT2D eigenvalue weighted by molar-refractivity contribution is -0.147. The minimum atomic E-state index is -1.70. The first-order valence-corrected chi connectivity index (χ1v) is 5.39. The van der Waals surface area contributed by atoms with Crippen LogP contribution in [0.2, 0.25) is 0 Å². The van der Waals surface area contributed by atoms with Crippen LogP contribution in [0.15, 0.2) is 0 Å². The van der Waals surface area contributed by atoms with Crippen LogP contribution in [0.1, 0.15) is 13.8 Å². The predicted molar refractivity (Wildman–Crippen MR) is 61.1 cm³/mol. The van der Waals surface area contributed by atoms with E-state index in [-0.39, 0.29) is 19.0 Å². The Hall–Kier alpha value is -1.83. The molecule has 0 aliphatic carbocycles. The van der Waals surface area contributed by atoms with Crippen molar-refractivity contribution >= 4 is 18.0 Å². The van der Waals surface area contributed by atoms with Crippen LogP contribution in [-0.4, -0.2) is 63.9 Å². The van der Waals surface area contributed by atoms with Gasteiger partial charge in [0.15, 0.2) is 6.10 Å². The van der Waals surface area contributed by atoms with Crippen molar-refractivity contribution in [3.05, 3.63) is 0 Å². The third kappa shape index (κ3) is 6.69. The second kappa shape index (κ2) is 7.49. The van der Waals surface area contributed by atoms with Crippen LogP contribution in [0, 0.1) is 5.92 Å². The van der Waals surface area contributed by atoms with Gasteiger partial charge in [0.2, 0.25) is 0 Å². The first kappa shape index (κ1) is 16.2. The molecule has 0 aromatic heterocycles. The van der Waals surface area contributed by atoms with E-state index < -0.39 is 30.6 Å². The molecule has 0 aromatic rings. The second-order valence-electron chi connectivity index (χ2n) is 4.21. The number of aliphatic carboxylic acids is 2. The number of nitrogens with one attached hydrogen (secondary N) is 1. The maximum Gasteiger partial charge on any atom is 0.334 e. The van der Waals surface area contributed by atoms with Crippen LogP contribution < -0.4 is 5.32 Å². The number of hydrogen-bond donors (Lipinski definition) is 4. The average molecular weight is 262 g/mol. The molecule has 2 amide bonds. The van der Waals surface area contributed by atoms with E-state index in [1.54, 1.807) is 0 Å². The number of aliphatic hydroxyl groups excluding tert-OH is 1. The summed E-state index contributed by atoms with van der Waals surface area (Å²) in [6.45, 7) is 2.89. The fourth-order valence-corrected chi connectivity index (χ4v) is 1.23. The van der Waals surface area contributed by atoms with Gasteiger partial charge in [0.25, 0.3) is 0 Å². The zero-order valence-corrected chi connectivity index (χ0v) is 10.3. The van der Waals surface area contributed by atoms with E-state index in [0.29, 0.717) is 0 Å². The third-order valence-corrected chi connectivity index (χ3v) is 1.94. The van der Waals surface area contributed by atoms with Crippen LogP contribution in [0.25, 0.3) is 0 Å². The van der Waals surface area contributed by atoms with E-state index in [1.165, 1.54) is 0 Å². The quantitative estimate of drug-likeness (QED) is 0.475. The Morgan fingerprint density at radius 1 is 1.17 bits per heavy atom. The lowest BCUT2D eigenvalue weighted by Crippen LogP contribution is -2.48. The summed E-state index contributed by atoms with van der Waals surface area (Å²) >= 11 is 0. The molecule has 0 aliphatic rings. The van der Waals surface area contributed by atoms with Gasteiger partial charge >= 0.3 is 18.0 Å². The second-order valence-corrected chi connectivity index (χ2v) is 4.21. The SMILES string of the molecule is CC(C)CN(CC(O)C(=O)O)C(=O)NCC(=O)O. The number of aliphatic hydroxyl groups is 1. The molecule has 0 saturated heterocycles. The maximum absolute atomic E-state index is 11.6. The molecule has 0 rings (SSSR count). The fourth-order valence-electron chi connectivity index (χ4n) is 1.23. The first-order valence-electron chi connectivity index (χ1n) is 5.39. The first-order chi connectivity index (χ1) is 8.23. The molecular weight excluding hydrogens is 244 g/mol. The number of urea groups is 1. The van der Waals surface area contributed by atoms with E-state index in [9.17, 15) is 19.5 Å². The molecule has 1 atom stereocenters. The molecule has 0 aromatic carbocycles. The zero-order valence-electron chi connectivity index (χ0n) is 10.3. The highest BCUT2D eigenvalue weighted by molar-refractivity contribution is 5.80. The van der Waals surface area contributed by atoms with Crippen LogP contribution >= 0.6 is 0 Å². The van der Waals surface area contributed by atoms with E-state index in [4.69, 9.17) is 10.2 Å². The summed E-state index contributed by atoms with van der Waals surface area (Å²) in [6.07, 6.45) is -1.70. The molecule has 8 heteroatoms. The van der Waals surface area contributed by atoms with Gasteiger partial charge in [-0.1, -0.05) is 13.8 Å². The number of carbonyl (C=O) groups excluding carboxylic acids is 1. The Bertz CT molecular complexity index is 317. The summed E-state index contributed by atoms with van der Waals surface area (Å²) in [4.78, 5) is 33.5. The summed E-state index contributed by atoms with van der Waals surface area (Å²) in [5.41, 5.74) is 0. The summed E-state index contributed by atoms with van der Waals surface area (Å²) in [5, 5.41) is 28.3. The van der Waals surface area contributed by atoms with Crippen LogP contribution in [0.5, 0.6) is 0 Å². The molecule has 18 heavy (non-hydrogen) atoms. The fraction of sp³-hybridized carbons (Fsp3) is 0.700. The van der Waals surface area contributed by atoms with Crippen molar-refractivity contribution in [2.24, 2.45) is 5.92 Å². The molecular formula is C10H18N2O6. The number of amides is 2. The molecule has 0 bridgehead atoms. The summed E-state index contributed by atoms with van der Waals surface area (Å²) in [5.74, 6) is -2.58. The van der Waals surface area contributed by atoms with Gasteiger partial charge in [-0.2, -0.15) is 0 Å². The zero-order chi connectivity index (χ0) is 14.3. The maximum atomic E-state index is 11.6. The van der Waals surface area contributed by atoms with E-state index >= 15 is 0 Å². The molecule has 1 unspecified atom stereocenters. The number of carboxylic acids is 2. The largest absolute Gasteiger partial charge is 0.480 e. The predicted octanol–water partition coefficient (Wildman–Crippen LogP) is -0.816. The van der Waals surface area contributed by atoms with Crippen LogP contribution in [-0.2, 0) is 9.59 Å². The van der Waals surface area contributed by atoms with Crippen molar-refractivity contribution in [2.75, 3.05) is 19.6 Å². The van der Waals surface area contributed by atoms with Crippen molar-refractivity contribution in [3.63, 3.8) is 0 Å². The molecule has 0 aliphatic heterocycles. The summed E-state index contributed by atoms with van der Waals surface area (Å²) < 4.78 is 0. The van der Waals surface area contributed by atoms with Crippen LogP contribution in [0.3, 0.4) is 0 Å². The van der Waals surface area contributed by atoms with Crippen molar-refractivity contribution in [3.8, 4) is 0 Å². The Balaban J connectivity index is 4.51. The van der Waals surface area contributed by atoms with Gasteiger partial charge in [-0.3, -0.25) is 4.79 Å². The Labute approximate surface area is 104 Å². The van der Waals surface area contributed by atoms with Gasteiger partial charge in [0.1, 0.15) is 6.54 Å². The monoisotopic (exact) mass is 262 g/mol. The summed E-state index contributed by atoms with van der Waals surface area (Å²) in [6, 6.07) is -0.716. The molecule has 104 valence electrons. The lowest BCUT2D eigenvalue weighted by Gasteiger charge is -2.25. The number of carboxylic acid groups (broad SMARTS) is 2. The Kier molecular flexibility index (Phi) is 6.73. The van der Waals surface area contributed by atoms with Crippen molar-refractivity contribution in [1.82, 2.24) is 10.2 Å². The minimum absolute atomic E-state index is 0.0570. The molecule has 0 radical (unpaired) electrons.